The highest BCUT2D eigenvalue weighted by atomic mass is 16.2. The minimum atomic E-state index is -0.390. The molecule has 114 valence electrons. The fourth-order valence-corrected chi connectivity index (χ4v) is 2.36. The minimum absolute atomic E-state index is 0.0175. The van der Waals surface area contributed by atoms with Crippen LogP contribution in [0.2, 0.25) is 0 Å². The lowest BCUT2D eigenvalue weighted by Gasteiger charge is -2.19. The monoisotopic (exact) mass is 289 g/mol. The standard InChI is InChI=1S/C16H23N3O2/c1-3-19(4-2)14(20)12-6-5-7-13(10-12)18-15(21)16(11-17)8-9-16/h5-7,10H,3-4,8-9,11,17H2,1-2H3,(H,18,21). The van der Waals surface area contributed by atoms with Gasteiger partial charge in [0.1, 0.15) is 0 Å². The molecule has 1 saturated carbocycles. The van der Waals surface area contributed by atoms with E-state index in [1.54, 1.807) is 29.2 Å². The second kappa shape index (κ2) is 6.26. The Morgan fingerprint density at radius 2 is 1.95 bits per heavy atom. The highest BCUT2D eigenvalue weighted by Crippen LogP contribution is 2.45. The van der Waals surface area contributed by atoms with Crippen LogP contribution in [0, 0.1) is 5.41 Å². The average molecular weight is 289 g/mol. The predicted molar refractivity (Wildman–Crippen MR) is 83.0 cm³/mol. The number of hydrogen-bond donors (Lipinski definition) is 2. The van der Waals surface area contributed by atoms with Crippen LogP contribution < -0.4 is 11.1 Å². The van der Waals surface area contributed by atoms with Crippen molar-refractivity contribution in [3.05, 3.63) is 29.8 Å². The number of nitrogens with two attached hydrogens (primary N) is 1. The molecule has 2 rings (SSSR count). The summed E-state index contributed by atoms with van der Waals surface area (Å²) in [5.41, 5.74) is 6.51. The summed E-state index contributed by atoms with van der Waals surface area (Å²) in [6, 6.07) is 7.08. The first-order valence-corrected chi connectivity index (χ1v) is 7.47. The maximum atomic E-state index is 12.3. The molecule has 0 radical (unpaired) electrons. The molecule has 0 unspecified atom stereocenters. The third-order valence-electron chi connectivity index (χ3n) is 4.14. The summed E-state index contributed by atoms with van der Waals surface area (Å²) in [7, 11) is 0. The van der Waals surface area contributed by atoms with Crippen molar-refractivity contribution in [3.63, 3.8) is 0 Å². The third kappa shape index (κ3) is 3.24. The van der Waals surface area contributed by atoms with Crippen LogP contribution >= 0.6 is 0 Å². The number of benzene rings is 1. The van der Waals surface area contributed by atoms with Crippen LogP contribution in [0.3, 0.4) is 0 Å². The topological polar surface area (TPSA) is 75.4 Å². The van der Waals surface area contributed by atoms with E-state index < -0.39 is 0 Å². The fourth-order valence-electron chi connectivity index (χ4n) is 2.36. The van der Waals surface area contributed by atoms with E-state index in [0.29, 0.717) is 30.9 Å². The fraction of sp³-hybridized carbons (Fsp3) is 0.500. The van der Waals surface area contributed by atoms with E-state index in [4.69, 9.17) is 5.73 Å². The van der Waals surface area contributed by atoms with E-state index in [1.807, 2.05) is 13.8 Å². The van der Waals surface area contributed by atoms with Crippen molar-refractivity contribution in [2.24, 2.45) is 11.1 Å². The molecular formula is C16H23N3O2. The lowest BCUT2D eigenvalue weighted by atomic mass is 10.1. The molecule has 1 aliphatic carbocycles. The van der Waals surface area contributed by atoms with Crippen LogP contribution in [-0.4, -0.2) is 36.3 Å². The van der Waals surface area contributed by atoms with Gasteiger partial charge in [-0.15, -0.1) is 0 Å². The predicted octanol–water partition coefficient (Wildman–Crippen LogP) is 1.85. The Hall–Kier alpha value is -1.88. The van der Waals surface area contributed by atoms with Crippen molar-refractivity contribution in [2.75, 3.05) is 25.0 Å². The van der Waals surface area contributed by atoms with Gasteiger partial charge >= 0.3 is 0 Å². The van der Waals surface area contributed by atoms with Crippen LogP contribution in [0.1, 0.15) is 37.0 Å². The van der Waals surface area contributed by atoms with Gasteiger partial charge in [0.15, 0.2) is 0 Å². The molecule has 3 N–H and O–H groups in total. The lowest BCUT2D eigenvalue weighted by Crippen LogP contribution is -2.31. The highest BCUT2D eigenvalue weighted by Gasteiger charge is 2.48. The Morgan fingerprint density at radius 3 is 2.48 bits per heavy atom. The van der Waals surface area contributed by atoms with Crippen molar-refractivity contribution in [1.29, 1.82) is 0 Å². The number of carbonyl (C=O) groups is 2. The Morgan fingerprint density at radius 1 is 1.29 bits per heavy atom. The van der Waals surface area contributed by atoms with Crippen molar-refractivity contribution < 1.29 is 9.59 Å². The van der Waals surface area contributed by atoms with Crippen LogP contribution in [-0.2, 0) is 4.79 Å². The maximum Gasteiger partial charge on any atom is 0.253 e. The van der Waals surface area contributed by atoms with Gasteiger partial charge in [-0.3, -0.25) is 9.59 Å². The second-order valence-corrected chi connectivity index (χ2v) is 5.50. The molecule has 21 heavy (non-hydrogen) atoms. The summed E-state index contributed by atoms with van der Waals surface area (Å²) >= 11 is 0. The number of carbonyl (C=O) groups excluding carboxylic acids is 2. The van der Waals surface area contributed by atoms with E-state index in [1.165, 1.54) is 0 Å². The van der Waals surface area contributed by atoms with Gasteiger partial charge in [0.05, 0.1) is 5.41 Å². The summed E-state index contributed by atoms with van der Waals surface area (Å²) in [5.74, 6) is -0.0616. The maximum absolute atomic E-state index is 12.3. The lowest BCUT2D eigenvalue weighted by molar-refractivity contribution is -0.120. The number of anilines is 1. The summed E-state index contributed by atoms with van der Waals surface area (Å²) in [4.78, 5) is 26.2. The summed E-state index contributed by atoms with van der Waals surface area (Å²) < 4.78 is 0. The van der Waals surface area contributed by atoms with Gasteiger partial charge in [0.25, 0.3) is 5.91 Å². The van der Waals surface area contributed by atoms with E-state index in [9.17, 15) is 9.59 Å². The molecule has 1 aromatic rings. The van der Waals surface area contributed by atoms with Crippen molar-refractivity contribution >= 4 is 17.5 Å². The Balaban J connectivity index is 2.11. The number of nitrogens with zero attached hydrogens (tertiary/aromatic N) is 1. The number of nitrogens with one attached hydrogen (secondary N) is 1. The van der Waals surface area contributed by atoms with Gasteiger partial charge in [-0.1, -0.05) is 6.07 Å². The van der Waals surface area contributed by atoms with Crippen LogP contribution in [0.15, 0.2) is 24.3 Å². The molecule has 0 atom stereocenters. The molecule has 1 aliphatic rings. The molecule has 5 heteroatoms. The number of amides is 2. The number of hydrogen-bond acceptors (Lipinski definition) is 3. The van der Waals surface area contributed by atoms with E-state index in [-0.39, 0.29) is 17.2 Å². The smallest absolute Gasteiger partial charge is 0.253 e. The Labute approximate surface area is 125 Å². The molecule has 0 heterocycles. The van der Waals surface area contributed by atoms with Crippen molar-refractivity contribution in [3.8, 4) is 0 Å². The van der Waals surface area contributed by atoms with Crippen LogP contribution in [0.25, 0.3) is 0 Å². The molecule has 0 bridgehead atoms. The Kier molecular flexibility index (Phi) is 4.63. The molecule has 1 aromatic carbocycles. The first kappa shape index (κ1) is 15.5. The van der Waals surface area contributed by atoms with E-state index in [0.717, 1.165) is 12.8 Å². The summed E-state index contributed by atoms with van der Waals surface area (Å²) in [6.07, 6.45) is 1.68. The normalized spacial score (nSPS) is 15.4. The molecule has 0 saturated heterocycles. The molecule has 2 amide bonds. The molecule has 0 spiro atoms. The third-order valence-corrected chi connectivity index (χ3v) is 4.14. The van der Waals surface area contributed by atoms with Crippen molar-refractivity contribution in [2.45, 2.75) is 26.7 Å². The zero-order valence-electron chi connectivity index (χ0n) is 12.7. The summed E-state index contributed by atoms with van der Waals surface area (Å²) in [6.45, 7) is 5.61. The van der Waals surface area contributed by atoms with E-state index in [2.05, 4.69) is 5.32 Å². The van der Waals surface area contributed by atoms with Gasteiger partial charge in [0.2, 0.25) is 5.91 Å². The second-order valence-electron chi connectivity index (χ2n) is 5.50. The highest BCUT2D eigenvalue weighted by molar-refractivity contribution is 5.99. The first-order valence-electron chi connectivity index (χ1n) is 7.47. The molecular weight excluding hydrogens is 266 g/mol. The van der Waals surface area contributed by atoms with Crippen molar-refractivity contribution in [1.82, 2.24) is 4.90 Å². The Bertz CT molecular complexity index is 534. The average Bonchev–Trinajstić information content (AvgIpc) is 3.30. The molecule has 0 aliphatic heterocycles. The molecule has 0 aromatic heterocycles. The molecule has 1 fully saturated rings. The largest absolute Gasteiger partial charge is 0.339 e. The SMILES string of the molecule is CCN(CC)C(=O)c1cccc(NC(=O)C2(CN)CC2)c1. The zero-order valence-corrected chi connectivity index (χ0v) is 12.7. The first-order chi connectivity index (χ1) is 10.1. The van der Waals surface area contributed by atoms with Gasteiger partial charge in [-0.2, -0.15) is 0 Å². The zero-order chi connectivity index (χ0) is 15.5. The van der Waals surface area contributed by atoms with Gasteiger partial charge in [0, 0.05) is 30.9 Å². The van der Waals surface area contributed by atoms with Crippen LogP contribution in [0.5, 0.6) is 0 Å². The quantitative estimate of drug-likeness (QED) is 0.839. The van der Waals surface area contributed by atoms with Gasteiger partial charge in [-0.05, 0) is 44.9 Å². The van der Waals surface area contributed by atoms with Crippen LogP contribution in [0.4, 0.5) is 5.69 Å². The van der Waals surface area contributed by atoms with Gasteiger partial charge in [-0.25, -0.2) is 0 Å². The molecule has 5 nitrogen and oxygen atoms in total. The number of rotatable bonds is 6. The van der Waals surface area contributed by atoms with E-state index >= 15 is 0 Å². The van der Waals surface area contributed by atoms with Gasteiger partial charge < -0.3 is 16.0 Å². The summed E-state index contributed by atoms with van der Waals surface area (Å²) in [5, 5.41) is 2.88. The minimum Gasteiger partial charge on any atom is -0.339 e.